The van der Waals surface area contributed by atoms with E-state index in [9.17, 15) is 13.6 Å². The fourth-order valence-electron chi connectivity index (χ4n) is 1.80. The van der Waals surface area contributed by atoms with E-state index in [1.165, 1.54) is 19.2 Å². The van der Waals surface area contributed by atoms with E-state index >= 15 is 0 Å². The van der Waals surface area contributed by atoms with Crippen LogP contribution in [0.25, 0.3) is 0 Å². The Balaban J connectivity index is 2.50. The summed E-state index contributed by atoms with van der Waals surface area (Å²) in [5, 5.41) is 2.82. The molecule has 3 N–H and O–H groups in total. The molecule has 110 valence electrons. The topological polar surface area (TPSA) is 64.3 Å². The quantitative estimate of drug-likeness (QED) is 0.669. The van der Waals surface area contributed by atoms with E-state index in [2.05, 4.69) is 10.1 Å². The third kappa shape index (κ3) is 3.41. The van der Waals surface area contributed by atoms with E-state index in [4.69, 9.17) is 17.3 Å². The van der Waals surface area contributed by atoms with Crippen LogP contribution in [0.3, 0.4) is 0 Å². The lowest BCUT2D eigenvalue weighted by Gasteiger charge is -2.14. The third-order valence-corrected chi connectivity index (χ3v) is 2.95. The molecule has 0 saturated heterocycles. The van der Waals surface area contributed by atoms with Gasteiger partial charge < -0.3 is 15.8 Å². The first kappa shape index (κ1) is 15.1. The van der Waals surface area contributed by atoms with Crippen LogP contribution < -0.4 is 11.1 Å². The maximum absolute atomic E-state index is 13.2. The number of nitrogens with two attached hydrogens (primary N) is 1. The lowest BCUT2D eigenvalue weighted by atomic mass is 10.1. The first-order valence-electron chi connectivity index (χ1n) is 5.81. The predicted molar refractivity (Wildman–Crippen MR) is 76.8 cm³/mol. The molecule has 2 aromatic rings. The number of methoxy groups -OCH3 is 1. The maximum Gasteiger partial charge on any atom is 0.340 e. The largest absolute Gasteiger partial charge is 0.465 e. The normalized spacial score (nSPS) is 10.3. The Bertz CT molecular complexity index is 687. The molecule has 0 bridgehead atoms. The molecule has 0 spiro atoms. The van der Waals surface area contributed by atoms with Crippen LogP contribution >= 0.6 is 11.6 Å². The number of rotatable bonds is 3. The van der Waals surface area contributed by atoms with Gasteiger partial charge in [-0.25, -0.2) is 13.6 Å². The van der Waals surface area contributed by atoms with Gasteiger partial charge in [-0.15, -0.1) is 0 Å². The summed E-state index contributed by atoms with van der Waals surface area (Å²) in [5.74, 6) is -2.20. The first-order chi connectivity index (χ1) is 9.90. The van der Waals surface area contributed by atoms with Gasteiger partial charge in [-0.05, 0) is 24.3 Å². The van der Waals surface area contributed by atoms with Crippen molar-refractivity contribution in [2.75, 3.05) is 18.2 Å². The van der Waals surface area contributed by atoms with E-state index in [0.717, 1.165) is 18.2 Å². The fourth-order valence-corrected chi connectivity index (χ4v) is 2.07. The van der Waals surface area contributed by atoms with Crippen molar-refractivity contribution in [3.63, 3.8) is 0 Å². The first-order valence-corrected chi connectivity index (χ1v) is 6.19. The van der Waals surface area contributed by atoms with Crippen molar-refractivity contribution in [2.24, 2.45) is 0 Å². The molecule has 0 aromatic heterocycles. The number of anilines is 3. The van der Waals surface area contributed by atoms with Crippen LogP contribution in [0, 0.1) is 11.6 Å². The van der Waals surface area contributed by atoms with Crippen molar-refractivity contribution in [1.82, 2.24) is 0 Å². The summed E-state index contributed by atoms with van der Waals surface area (Å²) in [6.07, 6.45) is 0. The Kier molecular flexibility index (Phi) is 4.28. The molecule has 2 rings (SSSR count). The minimum Gasteiger partial charge on any atom is -0.465 e. The standard InChI is InChI=1S/C14H11ClF2N2O2/c1-21-14(20)11-5-9(18)6-12(15)13(11)19-10-3-7(16)2-8(17)4-10/h2-6,19H,18H2,1H3. The average Bonchev–Trinajstić information content (AvgIpc) is 2.39. The Hall–Kier alpha value is -2.34. The molecule has 0 unspecified atom stereocenters. The van der Waals surface area contributed by atoms with Crippen LogP contribution in [0.4, 0.5) is 25.8 Å². The molecule has 0 fully saturated rings. The number of nitrogens with one attached hydrogen (secondary N) is 1. The summed E-state index contributed by atoms with van der Waals surface area (Å²) in [6.45, 7) is 0. The molecular weight excluding hydrogens is 302 g/mol. The van der Waals surface area contributed by atoms with Crippen LogP contribution in [0.5, 0.6) is 0 Å². The van der Waals surface area contributed by atoms with Gasteiger partial charge in [-0.2, -0.15) is 0 Å². The molecule has 21 heavy (non-hydrogen) atoms. The summed E-state index contributed by atoms with van der Waals surface area (Å²) in [7, 11) is 1.20. The third-order valence-electron chi connectivity index (χ3n) is 2.65. The zero-order valence-electron chi connectivity index (χ0n) is 10.9. The molecule has 0 aliphatic rings. The van der Waals surface area contributed by atoms with Crippen molar-refractivity contribution < 1.29 is 18.3 Å². The van der Waals surface area contributed by atoms with Crippen molar-refractivity contribution in [3.05, 3.63) is 52.6 Å². The zero-order chi connectivity index (χ0) is 15.6. The van der Waals surface area contributed by atoms with Gasteiger partial charge in [0.25, 0.3) is 0 Å². The molecule has 0 amide bonds. The second-order valence-electron chi connectivity index (χ2n) is 4.20. The number of ether oxygens (including phenoxy) is 1. The van der Waals surface area contributed by atoms with Gasteiger partial charge in [-0.3, -0.25) is 0 Å². The van der Waals surface area contributed by atoms with Crippen LogP contribution in [0.15, 0.2) is 30.3 Å². The lowest BCUT2D eigenvalue weighted by molar-refractivity contribution is 0.0602. The Morgan fingerprint density at radius 1 is 1.19 bits per heavy atom. The number of nitrogen functional groups attached to an aromatic ring is 1. The van der Waals surface area contributed by atoms with E-state index in [-0.39, 0.29) is 27.6 Å². The maximum atomic E-state index is 13.2. The van der Waals surface area contributed by atoms with Crippen molar-refractivity contribution in [1.29, 1.82) is 0 Å². The minimum absolute atomic E-state index is 0.0622. The Morgan fingerprint density at radius 3 is 2.38 bits per heavy atom. The van der Waals surface area contributed by atoms with E-state index in [1.807, 2.05) is 0 Å². The number of carbonyl (C=O) groups excluding carboxylic acids is 1. The Labute approximate surface area is 124 Å². The fraction of sp³-hybridized carbons (Fsp3) is 0.0714. The second-order valence-corrected chi connectivity index (χ2v) is 4.61. The van der Waals surface area contributed by atoms with Crippen LogP contribution in [-0.4, -0.2) is 13.1 Å². The number of hydrogen-bond donors (Lipinski definition) is 2. The molecule has 0 atom stereocenters. The highest BCUT2D eigenvalue weighted by molar-refractivity contribution is 6.34. The van der Waals surface area contributed by atoms with Crippen LogP contribution in [0.2, 0.25) is 5.02 Å². The molecule has 0 radical (unpaired) electrons. The highest BCUT2D eigenvalue weighted by Crippen LogP contribution is 2.32. The number of hydrogen-bond acceptors (Lipinski definition) is 4. The van der Waals surface area contributed by atoms with Gasteiger partial charge in [0.15, 0.2) is 0 Å². The number of benzene rings is 2. The summed E-state index contributed by atoms with van der Waals surface area (Å²) >= 11 is 6.03. The molecule has 0 heterocycles. The molecule has 0 aliphatic heterocycles. The van der Waals surface area contributed by atoms with Crippen LogP contribution in [0.1, 0.15) is 10.4 Å². The molecule has 7 heteroatoms. The summed E-state index contributed by atoms with van der Waals surface area (Å²) in [6, 6.07) is 5.63. The van der Waals surface area contributed by atoms with Crippen molar-refractivity contribution in [3.8, 4) is 0 Å². The molecule has 0 saturated carbocycles. The van der Waals surface area contributed by atoms with Crippen molar-refractivity contribution in [2.45, 2.75) is 0 Å². The van der Waals surface area contributed by atoms with Gasteiger partial charge in [0.05, 0.1) is 23.4 Å². The highest BCUT2D eigenvalue weighted by atomic mass is 35.5. The van der Waals surface area contributed by atoms with E-state index < -0.39 is 17.6 Å². The average molecular weight is 313 g/mol. The summed E-state index contributed by atoms with van der Waals surface area (Å²) < 4.78 is 31.0. The molecule has 4 nitrogen and oxygen atoms in total. The summed E-state index contributed by atoms with van der Waals surface area (Å²) in [4.78, 5) is 11.7. The highest BCUT2D eigenvalue weighted by Gasteiger charge is 2.17. The van der Waals surface area contributed by atoms with Gasteiger partial charge in [0.2, 0.25) is 0 Å². The SMILES string of the molecule is COC(=O)c1cc(N)cc(Cl)c1Nc1cc(F)cc(F)c1. The molecule has 0 aliphatic carbocycles. The Morgan fingerprint density at radius 2 is 1.81 bits per heavy atom. The lowest BCUT2D eigenvalue weighted by Crippen LogP contribution is -2.07. The van der Waals surface area contributed by atoms with Crippen LogP contribution in [-0.2, 0) is 4.74 Å². The van der Waals surface area contributed by atoms with E-state index in [1.54, 1.807) is 0 Å². The molecular formula is C14H11ClF2N2O2. The minimum atomic E-state index is -0.760. The molecule has 2 aromatic carbocycles. The number of carbonyl (C=O) groups is 1. The second kappa shape index (κ2) is 5.97. The predicted octanol–water partition coefficient (Wildman–Crippen LogP) is 3.73. The number of esters is 1. The van der Waals surface area contributed by atoms with Crippen molar-refractivity contribution >= 4 is 34.6 Å². The summed E-state index contributed by atoms with van der Waals surface area (Å²) in [5.41, 5.74) is 6.20. The smallest absolute Gasteiger partial charge is 0.340 e. The zero-order valence-corrected chi connectivity index (χ0v) is 11.7. The number of halogens is 3. The monoisotopic (exact) mass is 312 g/mol. The van der Waals surface area contributed by atoms with E-state index in [0.29, 0.717) is 0 Å². The van der Waals surface area contributed by atoms with Gasteiger partial charge in [0, 0.05) is 17.4 Å². The van der Waals surface area contributed by atoms with Gasteiger partial charge in [-0.1, -0.05) is 11.6 Å². The van der Waals surface area contributed by atoms with Gasteiger partial charge >= 0.3 is 5.97 Å². The van der Waals surface area contributed by atoms with Gasteiger partial charge in [0.1, 0.15) is 11.6 Å².